The Bertz CT molecular complexity index is 947. The van der Waals surface area contributed by atoms with Crippen LogP contribution >= 0.6 is 0 Å². The van der Waals surface area contributed by atoms with E-state index in [0.717, 1.165) is 5.69 Å². The van der Waals surface area contributed by atoms with Crippen molar-refractivity contribution in [3.05, 3.63) is 42.5 Å². The van der Waals surface area contributed by atoms with Crippen molar-refractivity contribution in [3.8, 4) is 0 Å². The van der Waals surface area contributed by atoms with Gasteiger partial charge in [-0.15, -0.1) is 0 Å². The molecule has 0 spiro atoms. The summed E-state index contributed by atoms with van der Waals surface area (Å²) >= 11 is 0. The van der Waals surface area contributed by atoms with Crippen molar-refractivity contribution < 1.29 is 32.7 Å². The lowest BCUT2D eigenvalue weighted by Crippen LogP contribution is -2.35. The van der Waals surface area contributed by atoms with Crippen LogP contribution in [-0.4, -0.2) is 68.4 Å². The molecule has 1 N–H and O–H groups in total. The van der Waals surface area contributed by atoms with Crippen molar-refractivity contribution in [2.24, 2.45) is 18.9 Å². The lowest BCUT2D eigenvalue weighted by atomic mass is 10.0. The van der Waals surface area contributed by atoms with Crippen LogP contribution in [0.25, 0.3) is 0 Å². The second-order valence-electron chi connectivity index (χ2n) is 6.94. The van der Waals surface area contributed by atoms with Crippen molar-refractivity contribution in [3.63, 3.8) is 0 Å². The highest BCUT2D eigenvalue weighted by molar-refractivity contribution is 5.99. The van der Waals surface area contributed by atoms with E-state index >= 15 is 0 Å². The second-order valence-corrected chi connectivity index (χ2v) is 6.94. The van der Waals surface area contributed by atoms with Gasteiger partial charge in [-0.25, -0.2) is 4.79 Å². The molecule has 0 saturated carbocycles. The van der Waals surface area contributed by atoms with Crippen LogP contribution < -0.4 is 4.90 Å². The molecule has 2 aliphatic rings. The highest BCUT2D eigenvalue weighted by Gasteiger charge is 2.48. The van der Waals surface area contributed by atoms with Crippen LogP contribution in [0.4, 0.5) is 18.9 Å². The van der Waals surface area contributed by atoms with E-state index in [-0.39, 0.29) is 23.7 Å². The number of aryl methyl sites for hydroxylation is 1. The fraction of sp³-hybridized carbons (Fsp3) is 0.389. The van der Waals surface area contributed by atoms with Crippen LogP contribution in [0.1, 0.15) is 10.4 Å². The minimum absolute atomic E-state index is 0.0479. The molecule has 4 rings (SSSR count). The lowest BCUT2D eigenvalue weighted by Gasteiger charge is -2.21. The average Bonchev–Trinajstić information content (AvgIpc) is 3.38. The van der Waals surface area contributed by atoms with Gasteiger partial charge < -0.3 is 14.9 Å². The summed E-state index contributed by atoms with van der Waals surface area (Å²) in [4.78, 5) is 41.7. The molecule has 0 aromatic carbocycles. The normalized spacial score (nSPS) is 20.6. The summed E-state index contributed by atoms with van der Waals surface area (Å²) in [6.45, 7) is 1.74. The molecule has 0 unspecified atom stereocenters. The van der Waals surface area contributed by atoms with E-state index in [1.807, 2.05) is 12.1 Å². The number of carboxylic acids is 1. The van der Waals surface area contributed by atoms with Crippen LogP contribution in [-0.2, 0) is 16.6 Å². The molecule has 0 aliphatic carbocycles. The molecular formula is C18H18F3N5O4. The smallest absolute Gasteiger partial charge is 0.475 e. The molecule has 160 valence electrons. The second kappa shape index (κ2) is 8.13. The predicted octanol–water partition coefficient (Wildman–Crippen LogP) is 1.18. The number of anilines is 1. The monoisotopic (exact) mass is 425 g/mol. The minimum Gasteiger partial charge on any atom is -0.475 e. The van der Waals surface area contributed by atoms with Crippen molar-refractivity contribution >= 4 is 23.5 Å². The number of aliphatic carboxylic acids is 1. The summed E-state index contributed by atoms with van der Waals surface area (Å²) in [6.07, 6.45) is 1.59. The zero-order valence-electron chi connectivity index (χ0n) is 15.8. The molecule has 4 heterocycles. The zero-order chi connectivity index (χ0) is 22.1. The third-order valence-electron chi connectivity index (χ3n) is 4.88. The summed E-state index contributed by atoms with van der Waals surface area (Å²) in [5, 5.41) is 11.2. The molecule has 2 aromatic rings. The fourth-order valence-electron chi connectivity index (χ4n) is 3.49. The topological polar surface area (TPSA) is 109 Å². The number of carbonyl (C=O) groups excluding carboxylic acids is 2. The maximum absolute atomic E-state index is 12.6. The van der Waals surface area contributed by atoms with Gasteiger partial charge in [-0.2, -0.15) is 18.3 Å². The van der Waals surface area contributed by atoms with E-state index in [4.69, 9.17) is 9.90 Å². The van der Waals surface area contributed by atoms with Crippen LogP contribution in [0.3, 0.4) is 0 Å². The molecule has 2 amide bonds. The average molecular weight is 425 g/mol. The van der Waals surface area contributed by atoms with E-state index in [1.54, 1.807) is 46.3 Å². The van der Waals surface area contributed by atoms with Gasteiger partial charge in [-0.05, 0) is 12.1 Å². The highest BCUT2D eigenvalue weighted by Crippen LogP contribution is 2.35. The molecule has 2 fully saturated rings. The summed E-state index contributed by atoms with van der Waals surface area (Å²) in [5.74, 6) is -2.65. The SMILES string of the molecule is Cn1cc(C(=O)N2C[C@H]3CN(c4cccnc4)C(=O)[C@H]3C2)cn1.O=C(O)C(F)(F)F. The van der Waals surface area contributed by atoms with Crippen molar-refractivity contribution in [1.29, 1.82) is 0 Å². The molecular weight excluding hydrogens is 407 g/mol. The molecule has 30 heavy (non-hydrogen) atoms. The van der Waals surface area contributed by atoms with Gasteiger partial charge in [-0.3, -0.25) is 19.3 Å². The summed E-state index contributed by atoms with van der Waals surface area (Å²) in [6, 6.07) is 3.72. The minimum atomic E-state index is -5.08. The van der Waals surface area contributed by atoms with E-state index < -0.39 is 12.1 Å². The molecule has 12 heteroatoms. The number of rotatable bonds is 2. The highest BCUT2D eigenvalue weighted by atomic mass is 19.4. The van der Waals surface area contributed by atoms with Crippen LogP contribution in [0.5, 0.6) is 0 Å². The number of pyridine rings is 1. The van der Waals surface area contributed by atoms with E-state index in [2.05, 4.69) is 10.1 Å². The molecule has 0 radical (unpaired) electrons. The van der Waals surface area contributed by atoms with E-state index in [1.165, 1.54) is 0 Å². The number of carbonyl (C=O) groups is 3. The Labute approximate surface area is 168 Å². The van der Waals surface area contributed by atoms with Gasteiger partial charge in [0, 0.05) is 45.0 Å². The molecule has 2 aliphatic heterocycles. The summed E-state index contributed by atoms with van der Waals surface area (Å²) < 4.78 is 33.3. The van der Waals surface area contributed by atoms with E-state index in [0.29, 0.717) is 25.2 Å². The third kappa shape index (κ3) is 4.42. The van der Waals surface area contributed by atoms with Gasteiger partial charge in [0.2, 0.25) is 5.91 Å². The zero-order valence-corrected chi connectivity index (χ0v) is 15.8. The fourth-order valence-corrected chi connectivity index (χ4v) is 3.49. The quantitative estimate of drug-likeness (QED) is 0.774. The van der Waals surface area contributed by atoms with E-state index in [9.17, 15) is 22.8 Å². The van der Waals surface area contributed by atoms with Crippen LogP contribution in [0.15, 0.2) is 36.9 Å². The van der Waals surface area contributed by atoms with Crippen molar-refractivity contribution in [2.75, 3.05) is 24.5 Å². The van der Waals surface area contributed by atoms with Crippen molar-refractivity contribution in [2.45, 2.75) is 6.18 Å². The Morgan fingerprint density at radius 2 is 1.90 bits per heavy atom. The van der Waals surface area contributed by atoms with Gasteiger partial charge >= 0.3 is 12.1 Å². The number of nitrogens with zero attached hydrogens (tertiary/aromatic N) is 5. The maximum atomic E-state index is 12.6. The van der Waals surface area contributed by atoms with Crippen LogP contribution in [0.2, 0.25) is 0 Å². The Balaban J connectivity index is 0.000000318. The summed E-state index contributed by atoms with van der Waals surface area (Å²) in [7, 11) is 1.78. The molecule has 0 bridgehead atoms. The number of halogens is 3. The number of amides is 2. The van der Waals surface area contributed by atoms with Gasteiger partial charge in [0.15, 0.2) is 0 Å². The predicted molar refractivity (Wildman–Crippen MR) is 96.4 cm³/mol. The first-order valence-corrected chi connectivity index (χ1v) is 8.87. The molecule has 2 atom stereocenters. The first-order chi connectivity index (χ1) is 14.1. The van der Waals surface area contributed by atoms with Gasteiger partial charge in [-0.1, -0.05) is 0 Å². The van der Waals surface area contributed by atoms with Gasteiger partial charge in [0.1, 0.15) is 0 Å². The largest absolute Gasteiger partial charge is 0.490 e. The molecule has 2 saturated heterocycles. The number of fused-ring (bicyclic) bond motifs is 1. The Kier molecular flexibility index (Phi) is 5.76. The number of hydrogen-bond donors (Lipinski definition) is 1. The number of carboxylic acid groups (broad SMARTS) is 1. The third-order valence-corrected chi connectivity index (χ3v) is 4.88. The standard InChI is InChI=1S/C16H17N5O2.C2HF3O2/c1-19-7-11(5-18-19)15(22)20-8-12-9-21(16(23)14(12)10-20)13-3-2-4-17-6-13;3-2(4,5)1(6)7/h2-7,12,14H,8-10H2,1H3;(H,6,7)/t12-,14-;/m0./s1. The summed E-state index contributed by atoms with van der Waals surface area (Å²) in [5.41, 5.74) is 1.40. The molecule has 9 nitrogen and oxygen atoms in total. The lowest BCUT2D eigenvalue weighted by molar-refractivity contribution is -0.192. The van der Waals surface area contributed by atoms with Crippen molar-refractivity contribution in [1.82, 2.24) is 19.7 Å². The Morgan fingerprint density at radius 3 is 2.40 bits per heavy atom. The van der Waals surface area contributed by atoms with Crippen LogP contribution in [0, 0.1) is 11.8 Å². The number of alkyl halides is 3. The van der Waals surface area contributed by atoms with Gasteiger partial charge in [0.05, 0.1) is 29.6 Å². The number of likely N-dealkylation sites (tertiary alicyclic amines) is 1. The van der Waals surface area contributed by atoms with Gasteiger partial charge in [0.25, 0.3) is 5.91 Å². The first kappa shape index (κ1) is 21.3. The first-order valence-electron chi connectivity index (χ1n) is 8.87. The number of aromatic nitrogens is 3. The number of hydrogen-bond acceptors (Lipinski definition) is 5. The molecule has 2 aromatic heterocycles. The Morgan fingerprint density at radius 1 is 1.20 bits per heavy atom. The maximum Gasteiger partial charge on any atom is 0.490 e. The Hall–Kier alpha value is -3.44.